The molecular weight excluding hydrogens is 258 g/mol. The van der Waals surface area contributed by atoms with Crippen LogP contribution < -0.4 is 0 Å². The van der Waals surface area contributed by atoms with Gasteiger partial charge < -0.3 is 4.74 Å². The Balaban J connectivity index is 1.74. The molecule has 3 rings (SSSR count). The molecule has 18 heavy (non-hydrogen) atoms. The van der Waals surface area contributed by atoms with Gasteiger partial charge in [0.2, 0.25) is 0 Å². The quantitative estimate of drug-likeness (QED) is 0.567. The fourth-order valence-electron chi connectivity index (χ4n) is 2.63. The van der Waals surface area contributed by atoms with Gasteiger partial charge in [0.25, 0.3) is 11.8 Å². The third-order valence-corrected chi connectivity index (χ3v) is 3.59. The van der Waals surface area contributed by atoms with Crippen LogP contribution in [0.2, 0.25) is 0 Å². The molecule has 3 heterocycles. The van der Waals surface area contributed by atoms with E-state index < -0.39 is 11.8 Å². The van der Waals surface area contributed by atoms with Crippen LogP contribution in [0.1, 0.15) is 6.92 Å². The van der Waals surface area contributed by atoms with Gasteiger partial charge in [0.1, 0.15) is 0 Å². The van der Waals surface area contributed by atoms with E-state index in [1.807, 2.05) is 12.2 Å². The highest BCUT2D eigenvalue weighted by Gasteiger charge is 2.61. The van der Waals surface area contributed by atoms with Gasteiger partial charge >= 0.3 is 0 Å². The minimum atomic E-state index is -0.423. The van der Waals surface area contributed by atoms with E-state index in [1.165, 1.54) is 0 Å². The number of hydrogen-bond donors (Lipinski definition) is 0. The summed E-state index contributed by atoms with van der Waals surface area (Å²) in [6.45, 7) is 1.81. The first kappa shape index (κ1) is 11.9. The van der Waals surface area contributed by atoms with Crippen LogP contribution in [0.5, 0.6) is 0 Å². The lowest BCUT2D eigenvalue weighted by atomic mass is 9.85. The zero-order valence-corrected chi connectivity index (χ0v) is 10.5. The average Bonchev–Trinajstić information content (AvgIpc) is 2.97. The van der Waals surface area contributed by atoms with E-state index in [0.29, 0.717) is 5.03 Å². The number of carbonyl (C=O) groups is 2. The molecule has 96 valence electrons. The minimum Gasteiger partial charge on any atom is -0.365 e. The number of hydrogen-bond acceptors (Lipinski definition) is 4. The molecule has 2 amide bonds. The highest BCUT2D eigenvalue weighted by Crippen LogP contribution is 2.45. The minimum absolute atomic E-state index is 0.107. The van der Waals surface area contributed by atoms with Gasteiger partial charge in [0.05, 0.1) is 30.7 Å². The second-order valence-electron chi connectivity index (χ2n) is 4.56. The summed E-state index contributed by atoms with van der Waals surface area (Å²) in [7, 11) is 0. The number of carbonyl (C=O) groups excluding carboxylic acids is 2. The van der Waals surface area contributed by atoms with Crippen molar-refractivity contribution in [2.24, 2.45) is 11.8 Å². The number of nitrogens with zero attached hydrogens (tertiary/aromatic N) is 1. The number of imide groups is 1. The Bertz CT molecular complexity index is 439. The topological polar surface area (TPSA) is 55.8 Å². The van der Waals surface area contributed by atoms with Crippen LogP contribution in [0.25, 0.3) is 0 Å². The maximum absolute atomic E-state index is 12.1. The number of ether oxygens (including phenoxy) is 1. The second kappa shape index (κ2) is 4.19. The van der Waals surface area contributed by atoms with Crippen LogP contribution in [0, 0.1) is 11.8 Å². The van der Waals surface area contributed by atoms with Crippen molar-refractivity contribution in [2.45, 2.75) is 19.1 Å². The number of hydroxylamine groups is 2. The van der Waals surface area contributed by atoms with E-state index in [1.54, 1.807) is 13.0 Å². The third-order valence-electron chi connectivity index (χ3n) is 3.44. The summed E-state index contributed by atoms with van der Waals surface area (Å²) in [6, 6.07) is 0. The van der Waals surface area contributed by atoms with E-state index in [9.17, 15) is 9.59 Å². The largest absolute Gasteiger partial charge is 0.365 e. The van der Waals surface area contributed by atoms with E-state index >= 15 is 0 Å². The smallest absolute Gasteiger partial charge is 0.260 e. The molecule has 0 saturated carbocycles. The van der Waals surface area contributed by atoms with Crippen LogP contribution in [0.15, 0.2) is 23.3 Å². The molecule has 3 aliphatic heterocycles. The first-order chi connectivity index (χ1) is 8.59. The van der Waals surface area contributed by atoms with Crippen LogP contribution in [0.4, 0.5) is 0 Å². The van der Waals surface area contributed by atoms with Crippen molar-refractivity contribution < 1.29 is 19.2 Å². The van der Waals surface area contributed by atoms with E-state index in [2.05, 4.69) is 0 Å². The molecule has 5 nitrogen and oxygen atoms in total. The summed E-state index contributed by atoms with van der Waals surface area (Å²) >= 11 is 5.65. The fraction of sp³-hybridized carbons (Fsp3) is 0.500. The van der Waals surface area contributed by atoms with E-state index in [4.69, 9.17) is 21.2 Å². The normalized spacial score (nSPS) is 37.9. The lowest BCUT2D eigenvalue weighted by molar-refractivity contribution is -0.188. The molecule has 0 aromatic rings. The van der Waals surface area contributed by atoms with Crippen molar-refractivity contribution in [2.75, 3.05) is 6.61 Å². The van der Waals surface area contributed by atoms with Crippen LogP contribution in [-0.4, -0.2) is 35.7 Å². The van der Waals surface area contributed by atoms with Gasteiger partial charge in [-0.05, 0) is 13.0 Å². The standard InChI is InChI=1S/C12H12ClNO4/c1-6(13)4-5-17-14-11(15)9-7-2-3-8(18-7)10(9)12(14)16/h2-4,7-10H,5H2,1H3/b6-4+/t7-,8-,9-,10+/m1/s1. The average molecular weight is 270 g/mol. The van der Waals surface area contributed by atoms with Crippen molar-refractivity contribution >= 4 is 23.4 Å². The predicted molar refractivity (Wildman–Crippen MR) is 62.2 cm³/mol. The van der Waals surface area contributed by atoms with Gasteiger partial charge in [-0.3, -0.25) is 14.4 Å². The van der Waals surface area contributed by atoms with Crippen molar-refractivity contribution in [3.8, 4) is 0 Å². The summed E-state index contributed by atoms with van der Waals surface area (Å²) < 4.78 is 5.50. The number of rotatable bonds is 3. The van der Waals surface area contributed by atoms with Gasteiger partial charge in [0, 0.05) is 5.03 Å². The third kappa shape index (κ3) is 1.62. The second-order valence-corrected chi connectivity index (χ2v) is 5.16. The lowest BCUT2D eigenvalue weighted by Crippen LogP contribution is -2.34. The number of amides is 2. The Morgan fingerprint density at radius 2 is 1.94 bits per heavy atom. The summed E-state index contributed by atoms with van der Waals surface area (Å²) in [5, 5.41) is 1.42. The Morgan fingerprint density at radius 1 is 1.39 bits per heavy atom. The fourth-order valence-corrected chi connectivity index (χ4v) is 2.69. The molecule has 0 aromatic carbocycles. The number of halogens is 1. The van der Waals surface area contributed by atoms with Gasteiger partial charge in [-0.2, -0.15) is 5.06 Å². The molecular formula is C12H12ClNO4. The van der Waals surface area contributed by atoms with Crippen molar-refractivity contribution in [1.82, 2.24) is 5.06 Å². The Hall–Kier alpha value is -1.17. The van der Waals surface area contributed by atoms with Crippen molar-refractivity contribution in [3.05, 3.63) is 23.3 Å². The molecule has 6 heteroatoms. The number of allylic oxidation sites excluding steroid dienone is 1. The first-order valence-corrected chi connectivity index (χ1v) is 6.14. The summed E-state index contributed by atoms with van der Waals surface area (Å²) in [6.07, 6.45) is 4.71. The van der Waals surface area contributed by atoms with E-state index in [0.717, 1.165) is 5.06 Å². The van der Waals surface area contributed by atoms with Gasteiger partial charge in [-0.15, -0.1) is 0 Å². The molecule has 0 radical (unpaired) electrons. The summed E-state index contributed by atoms with van der Waals surface area (Å²) in [4.78, 5) is 29.3. The van der Waals surface area contributed by atoms with Gasteiger partial charge in [0.15, 0.2) is 0 Å². The van der Waals surface area contributed by atoms with Crippen LogP contribution >= 0.6 is 11.6 Å². The molecule has 3 aliphatic rings. The van der Waals surface area contributed by atoms with Crippen LogP contribution in [0.3, 0.4) is 0 Å². The highest BCUT2D eigenvalue weighted by atomic mass is 35.5. The predicted octanol–water partition coefficient (Wildman–Crippen LogP) is 0.999. The first-order valence-electron chi connectivity index (χ1n) is 5.76. The molecule has 2 saturated heterocycles. The van der Waals surface area contributed by atoms with E-state index in [-0.39, 0.29) is 30.6 Å². The van der Waals surface area contributed by atoms with Crippen molar-refractivity contribution in [3.63, 3.8) is 0 Å². The molecule has 4 atom stereocenters. The monoisotopic (exact) mass is 269 g/mol. The summed E-state index contributed by atoms with van der Waals surface area (Å²) in [5.74, 6) is -1.48. The highest BCUT2D eigenvalue weighted by molar-refractivity contribution is 6.29. The number of fused-ring (bicyclic) bond motifs is 5. The molecule has 0 aliphatic carbocycles. The Kier molecular flexibility index (Phi) is 2.77. The zero-order valence-electron chi connectivity index (χ0n) is 9.71. The molecule has 2 bridgehead atoms. The maximum atomic E-state index is 12.1. The maximum Gasteiger partial charge on any atom is 0.260 e. The Labute approximate surface area is 109 Å². The van der Waals surface area contributed by atoms with Crippen LogP contribution in [-0.2, 0) is 19.2 Å². The molecule has 2 fully saturated rings. The molecule has 0 spiro atoms. The van der Waals surface area contributed by atoms with Gasteiger partial charge in [-0.1, -0.05) is 23.8 Å². The molecule has 0 N–H and O–H groups in total. The Morgan fingerprint density at radius 3 is 2.44 bits per heavy atom. The van der Waals surface area contributed by atoms with Gasteiger partial charge in [-0.25, -0.2) is 0 Å². The SMILES string of the molecule is C/C(Cl)=C\CON1C(=O)[C@@H]2[C@H](C1=O)[C@H]1C=C[C@H]2O1. The lowest BCUT2D eigenvalue weighted by Gasteiger charge is -2.15. The zero-order chi connectivity index (χ0) is 12.9. The summed E-state index contributed by atoms with van der Waals surface area (Å²) in [5.41, 5.74) is 0. The van der Waals surface area contributed by atoms with Crippen molar-refractivity contribution in [1.29, 1.82) is 0 Å². The molecule has 0 aromatic heterocycles. The molecule has 0 unspecified atom stereocenters.